The lowest BCUT2D eigenvalue weighted by molar-refractivity contribution is -0.576. The van der Waals surface area contributed by atoms with Crippen molar-refractivity contribution in [1.82, 2.24) is 4.98 Å². The van der Waals surface area contributed by atoms with Gasteiger partial charge in [-0.05, 0) is 31.0 Å². The lowest BCUT2D eigenvalue weighted by atomic mass is 10.0. The molecule has 102 valence electrons. The van der Waals surface area contributed by atoms with Gasteiger partial charge < -0.3 is 17.8 Å². The zero-order valence-electron chi connectivity index (χ0n) is 11.0. The number of halogens is 2. The maximum Gasteiger partial charge on any atom is 0.736 e. The first-order chi connectivity index (χ1) is 9.49. The second-order valence-electron chi connectivity index (χ2n) is 4.62. The molecule has 7 heteroatoms. The zero-order valence-corrected chi connectivity index (χ0v) is 11.0. The molecule has 1 aliphatic rings. The van der Waals surface area contributed by atoms with Gasteiger partial charge in [-0.2, -0.15) is 0 Å². The van der Waals surface area contributed by atoms with Gasteiger partial charge >= 0.3 is 12.9 Å². The highest BCUT2D eigenvalue weighted by Gasteiger charge is 2.47. The molecule has 0 radical (unpaired) electrons. The highest BCUT2D eigenvalue weighted by molar-refractivity contribution is 6.53. The predicted molar refractivity (Wildman–Crippen MR) is 71.0 cm³/mol. The Morgan fingerprint density at radius 1 is 1.15 bits per heavy atom. The van der Waals surface area contributed by atoms with Crippen LogP contribution < -0.4 is 4.48 Å². The van der Waals surface area contributed by atoms with Gasteiger partial charge in [0.2, 0.25) is 0 Å². The summed E-state index contributed by atoms with van der Waals surface area (Å²) in [5, 5.41) is 0. The third-order valence-electron chi connectivity index (χ3n) is 3.30. The Bertz CT molecular complexity index is 704. The van der Waals surface area contributed by atoms with Crippen molar-refractivity contribution in [1.29, 1.82) is 0 Å². The average Bonchev–Trinajstić information content (AvgIpc) is 2.42. The molecular weight excluding hydrogens is 263 g/mol. The summed E-state index contributed by atoms with van der Waals surface area (Å²) in [6.07, 6.45) is 1.34. The van der Waals surface area contributed by atoms with Crippen molar-refractivity contribution in [2.24, 2.45) is 4.99 Å². The van der Waals surface area contributed by atoms with E-state index in [2.05, 4.69) is 9.98 Å². The number of aliphatic imine (C=N–C) groups is 1. The van der Waals surface area contributed by atoms with Crippen molar-refractivity contribution in [3.05, 3.63) is 53.5 Å². The van der Waals surface area contributed by atoms with E-state index in [4.69, 9.17) is 4.65 Å². The lowest BCUT2D eigenvalue weighted by Gasteiger charge is -2.28. The van der Waals surface area contributed by atoms with E-state index >= 15 is 0 Å². The number of hydrogen-bond acceptors (Lipinski definition) is 3. The number of aromatic nitrogens is 2. The number of fused-ring (bicyclic) bond motifs is 1. The Morgan fingerprint density at radius 3 is 2.55 bits per heavy atom. The molecule has 0 aliphatic carbocycles. The van der Waals surface area contributed by atoms with E-state index in [0.29, 0.717) is 17.0 Å². The molecular formula is C13H12BF2N3O. The predicted octanol–water partition coefficient (Wildman–Crippen LogP) is 2.32. The molecule has 1 aliphatic heterocycles. The largest absolute Gasteiger partial charge is 0.736 e. The van der Waals surface area contributed by atoms with Crippen molar-refractivity contribution in [3.8, 4) is 0 Å². The van der Waals surface area contributed by atoms with Crippen LogP contribution in [-0.4, -0.2) is 17.9 Å². The molecule has 2 aromatic rings. The summed E-state index contributed by atoms with van der Waals surface area (Å²) in [6.45, 7) is 3.25. The first-order valence-electron chi connectivity index (χ1n) is 6.21. The molecule has 0 amide bonds. The van der Waals surface area contributed by atoms with Crippen LogP contribution in [0.25, 0.3) is 0 Å². The van der Waals surface area contributed by atoms with Crippen molar-refractivity contribution in [2.45, 2.75) is 13.8 Å². The summed E-state index contributed by atoms with van der Waals surface area (Å²) in [6, 6.07) is 8.64. The number of benzene rings is 1. The van der Waals surface area contributed by atoms with Gasteiger partial charge in [0.1, 0.15) is 6.20 Å². The summed E-state index contributed by atoms with van der Waals surface area (Å²) in [5.41, 5.74) is 1.39. The van der Waals surface area contributed by atoms with E-state index in [0.717, 1.165) is 4.48 Å². The number of hydrogen-bond donors (Lipinski definition) is 0. The van der Waals surface area contributed by atoms with Crippen LogP contribution >= 0.6 is 0 Å². The van der Waals surface area contributed by atoms with E-state index in [-0.39, 0.29) is 11.7 Å². The topological polar surface area (TPSA) is 38.4 Å². The molecule has 20 heavy (non-hydrogen) atoms. The van der Waals surface area contributed by atoms with Gasteiger partial charge in [-0.1, -0.05) is 18.2 Å². The quantitative estimate of drug-likeness (QED) is 0.749. The molecule has 0 spiro atoms. The van der Waals surface area contributed by atoms with Crippen LogP contribution in [0.5, 0.6) is 0 Å². The Kier molecular flexibility index (Phi) is 2.77. The van der Waals surface area contributed by atoms with E-state index in [1.165, 1.54) is 6.20 Å². The Morgan fingerprint density at radius 2 is 1.85 bits per heavy atom. The van der Waals surface area contributed by atoms with Gasteiger partial charge in [0.25, 0.3) is 5.90 Å². The summed E-state index contributed by atoms with van der Waals surface area (Å²) < 4.78 is 34.2. The van der Waals surface area contributed by atoms with Gasteiger partial charge in [-0.15, -0.1) is 0 Å². The van der Waals surface area contributed by atoms with Crippen LogP contribution in [0.15, 0.2) is 41.5 Å². The highest BCUT2D eigenvalue weighted by atomic mass is 19.3. The number of aryl methyl sites for hydroxylation is 1. The maximum absolute atomic E-state index is 14.3. The normalized spacial score (nSPS) is 16.1. The van der Waals surface area contributed by atoms with Gasteiger partial charge in [0, 0.05) is 0 Å². The van der Waals surface area contributed by atoms with Crippen LogP contribution in [0, 0.1) is 13.8 Å². The fourth-order valence-corrected chi connectivity index (χ4v) is 2.15. The Balaban J connectivity index is 2.20. The van der Waals surface area contributed by atoms with Crippen molar-refractivity contribution >= 4 is 18.8 Å². The summed E-state index contributed by atoms with van der Waals surface area (Å²) >= 11 is 0. The zero-order chi connectivity index (χ0) is 14.3. The van der Waals surface area contributed by atoms with Crippen molar-refractivity contribution < 1.29 is 17.8 Å². The molecule has 0 N–H and O–H groups in total. The summed E-state index contributed by atoms with van der Waals surface area (Å²) in [5.74, 6) is 0.0175. The molecule has 4 nitrogen and oxygen atoms in total. The molecule has 0 unspecified atom stereocenters. The smallest absolute Gasteiger partial charge is 0.590 e. The first kappa shape index (κ1) is 12.7. The molecule has 2 heterocycles. The van der Waals surface area contributed by atoms with E-state index in [1.807, 2.05) is 0 Å². The third-order valence-corrected chi connectivity index (χ3v) is 3.30. The van der Waals surface area contributed by atoms with E-state index in [9.17, 15) is 8.63 Å². The maximum atomic E-state index is 14.3. The van der Waals surface area contributed by atoms with Gasteiger partial charge in [-0.3, -0.25) is 0 Å². The molecule has 1 aromatic heterocycles. The molecule has 0 bridgehead atoms. The number of nitrogens with zero attached hydrogens (tertiary/aromatic N) is 3. The van der Waals surface area contributed by atoms with Crippen LogP contribution in [0.2, 0.25) is 0 Å². The van der Waals surface area contributed by atoms with Gasteiger partial charge in [-0.25, -0.2) is 4.98 Å². The molecule has 0 saturated carbocycles. The Hall–Kier alpha value is -2.31. The summed E-state index contributed by atoms with van der Waals surface area (Å²) in [4.78, 5) is 8.22. The Labute approximate surface area is 114 Å². The fraction of sp³-hybridized carbons (Fsp3) is 0.154. The van der Waals surface area contributed by atoms with Crippen LogP contribution in [0.1, 0.15) is 17.0 Å². The SMILES string of the molecule is Cc1ncc2[n+](c1C)[B-](F)(F)OC(c1ccccc1)=N2. The van der Waals surface area contributed by atoms with Gasteiger partial charge in [0.15, 0.2) is 0 Å². The van der Waals surface area contributed by atoms with Gasteiger partial charge in [0.05, 0.1) is 17.0 Å². The fourth-order valence-electron chi connectivity index (χ4n) is 2.15. The third kappa shape index (κ3) is 1.95. The second-order valence-corrected chi connectivity index (χ2v) is 4.62. The molecule has 0 fully saturated rings. The van der Waals surface area contributed by atoms with Crippen LogP contribution in [-0.2, 0) is 4.65 Å². The number of rotatable bonds is 1. The first-order valence-corrected chi connectivity index (χ1v) is 6.21. The van der Waals surface area contributed by atoms with Crippen molar-refractivity contribution in [2.75, 3.05) is 0 Å². The molecule has 1 aromatic carbocycles. The molecule has 0 atom stereocenters. The minimum atomic E-state index is -4.21. The standard InChI is InChI=1S/C13H12BF2N3O/c1-9-10(2)19-12(8-17-9)18-13(20-14(19,15)16)11-6-4-3-5-7-11/h3-8H,1-2H3. The monoisotopic (exact) mass is 275 g/mol. The van der Waals surface area contributed by atoms with E-state index in [1.54, 1.807) is 44.2 Å². The second kappa shape index (κ2) is 4.36. The molecule has 0 saturated heterocycles. The average molecular weight is 275 g/mol. The minimum Gasteiger partial charge on any atom is -0.590 e. The minimum absolute atomic E-state index is 0.0827. The van der Waals surface area contributed by atoms with Crippen LogP contribution in [0.4, 0.5) is 14.4 Å². The van der Waals surface area contributed by atoms with Crippen molar-refractivity contribution in [3.63, 3.8) is 0 Å². The van der Waals surface area contributed by atoms with Crippen LogP contribution in [0.3, 0.4) is 0 Å². The lowest BCUT2D eigenvalue weighted by Crippen LogP contribution is -2.65. The molecule has 3 rings (SSSR count). The highest BCUT2D eigenvalue weighted by Crippen LogP contribution is 2.23. The summed E-state index contributed by atoms with van der Waals surface area (Å²) in [7, 11) is -4.21. The van der Waals surface area contributed by atoms with E-state index < -0.39 is 7.04 Å².